The molecule has 0 radical (unpaired) electrons. The number of fused-ring (bicyclic) bond motifs is 1. The SMILES string of the molecule is CCCc1ccccc1OCCCCCOc1ccc2c(c1CCC)OC(C(=O)OCC)CC2=O. The fourth-order valence-corrected chi connectivity index (χ4v) is 4.28. The largest absolute Gasteiger partial charge is 0.493 e. The molecule has 0 aliphatic carbocycles. The molecule has 2 aromatic rings. The number of para-hydroxylation sites is 1. The fourth-order valence-electron chi connectivity index (χ4n) is 4.28. The zero-order chi connectivity index (χ0) is 25.0. The number of aryl methyl sites for hydroxylation is 1. The normalized spacial score (nSPS) is 14.7. The van der Waals surface area contributed by atoms with Crippen LogP contribution in [-0.4, -0.2) is 37.7 Å². The fraction of sp³-hybridized carbons (Fsp3) is 0.517. The topological polar surface area (TPSA) is 71.1 Å². The summed E-state index contributed by atoms with van der Waals surface area (Å²) in [6.45, 7) is 7.48. The number of benzene rings is 2. The zero-order valence-electron chi connectivity index (χ0n) is 21.3. The standard InChI is InChI=1S/C29H38O6/c1-4-12-21-14-8-9-15-25(21)33-18-10-7-11-19-34-26-17-16-22-24(30)20-27(29(31)32-6-3)35-28(22)23(26)13-5-2/h8-9,14-17,27H,4-7,10-13,18-20H2,1-3H3. The van der Waals surface area contributed by atoms with E-state index in [1.807, 2.05) is 18.2 Å². The van der Waals surface area contributed by atoms with Crippen molar-refractivity contribution in [2.24, 2.45) is 0 Å². The maximum absolute atomic E-state index is 12.7. The Bertz CT molecular complexity index is 983. The minimum absolute atomic E-state index is 0.00257. The van der Waals surface area contributed by atoms with Gasteiger partial charge in [0.05, 0.1) is 31.8 Å². The van der Waals surface area contributed by atoms with E-state index in [0.29, 0.717) is 36.7 Å². The molecule has 0 bridgehead atoms. The molecule has 35 heavy (non-hydrogen) atoms. The monoisotopic (exact) mass is 482 g/mol. The first kappa shape index (κ1) is 26.6. The third-order valence-corrected chi connectivity index (χ3v) is 5.99. The molecular weight excluding hydrogens is 444 g/mol. The number of Topliss-reactive ketones (excluding diaryl/α,β-unsaturated/α-hetero) is 1. The second-order valence-corrected chi connectivity index (χ2v) is 8.77. The maximum Gasteiger partial charge on any atom is 0.347 e. The Morgan fingerprint density at radius 1 is 0.914 bits per heavy atom. The first-order valence-electron chi connectivity index (χ1n) is 12.9. The lowest BCUT2D eigenvalue weighted by Crippen LogP contribution is -2.36. The Balaban J connectivity index is 1.53. The van der Waals surface area contributed by atoms with E-state index < -0.39 is 12.1 Å². The van der Waals surface area contributed by atoms with Crippen LogP contribution in [-0.2, 0) is 22.4 Å². The molecule has 1 aliphatic heterocycles. The number of carbonyl (C=O) groups is 2. The molecule has 0 spiro atoms. The highest BCUT2D eigenvalue weighted by atomic mass is 16.6. The molecule has 0 aromatic heterocycles. The zero-order valence-corrected chi connectivity index (χ0v) is 21.3. The lowest BCUT2D eigenvalue weighted by Gasteiger charge is -2.27. The molecule has 0 N–H and O–H groups in total. The molecule has 6 nitrogen and oxygen atoms in total. The molecule has 1 unspecified atom stereocenters. The summed E-state index contributed by atoms with van der Waals surface area (Å²) in [5, 5.41) is 0. The molecule has 6 heteroatoms. The van der Waals surface area contributed by atoms with Gasteiger partial charge in [0, 0.05) is 5.56 Å². The van der Waals surface area contributed by atoms with Crippen LogP contribution in [0.3, 0.4) is 0 Å². The molecule has 0 fully saturated rings. The van der Waals surface area contributed by atoms with Crippen LogP contribution in [0.1, 0.15) is 80.8 Å². The average Bonchev–Trinajstić information content (AvgIpc) is 2.85. The van der Waals surface area contributed by atoms with Gasteiger partial charge in [-0.25, -0.2) is 4.79 Å². The number of esters is 1. The van der Waals surface area contributed by atoms with Crippen LogP contribution in [0, 0.1) is 0 Å². The summed E-state index contributed by atoms with van der Waals surface area (Å²) in [6.07, 6.45) is 5.64. The quantitative estimate of drug-likeness (QED) is 0.239. The van der Waals surface area contributed by atoms with Gasteiger partial charge < -0.3 is 18.9 Å². The molecule has 0 saturated carbocycles. The van der Waals surface area contributed by atoms with Crippen molar-refractivity contribution < 1.29 is 28.5 Å². The first-order valence-corrected chi connectivity index (χ1v) is 12.9. The van der Waals surface area contributed by atoms with Gasteiger partial charge >= 0.3 is 5.97 Å². The highest BCUT2D eigenvalue weighted by molar-refractivity contribution is 6.03. The Labute approximate surface area is 208 Å². The third-order valence-electron chi connectivity index (χ3n) is 5.99. The number of hydrogen-bond acceptors (Lipinski definition) is 6. The Hall–Kier alpha value is -3.02. The van der Waals surface area contributed by atoms with Crippen molar-refractivity contribution in [1.82, 2.24) is 0 Å². The molecule has 190 valence electrons. The highest BCUT2D eigenvalue weighted by Crippen LogP contribution is 2.38. The van der Waals surface area contributed by atoms with Crippen LogP contribution in [0.15, 0.2) is 36.4 Å². The van der Waals surface area contributed by atoms with Crippen LogP contribution in [0.5, 0.6) is 17.2 Å². The van der Waals surface area contributed by atoms with Gasteiger partial charge in [-0.3, -0.25) is 4.79 Å². The van der Waals surface area contributed by atoms with Gasteiger partial charge in [-0.1, -0.05) is 44.9 Å². The molecular formula is C29H38O6. The summed E-state index contributed by atoms with van der Waals surface area (Å²) in [5.41, 5.74) is 2.63. The molecule has 1 heterocycles. The Morgan fingerprint density at radius 2 is 1.63 bits per heavy atom. The van der Waals surface area contributed by atoms with E-state index in [4.69, 9.17) is 18.9 Å². The maximum atomic E-state index is 12.7. The van der Waals surface area contributed by atoms with E-state index in [0.717, 1.165) is 49.8 Å². The number of carbonyl (C=O) groups excluding carboxylic acids is 2. The van der Waals surface area contributed by atoms with Crippen molar-refractivity contribution in [3.05, 3.63) is 53.1 Å². The Kier molecular flexibility index (Phi) is 10.5. The minimum Gasteiger partial charge on any atom is -0.493 e. The van der Waals surface area contributed by atoms with Crippen molar-refractivity contribution in [3.8, 4) is 17.2 Å². The van der Waals surface area contributed by atoms with Crippen LogP contribution in [0.4, 0.5) is 0 Å². The third kappa shape index (κ3) is 7.23. The summed E-state index contributed by atoms with van der Waals surface area (Å²) in [4.78, 5) is 24.9. The van der Waals surface area contributed by atoms with Gasteiger partial charge in [0.25, 0.3) is 0 Å². The van der Waals surface area contributed by atoms with Crippen LogP contribution in [0.2, 0.25) is 0 Å². The second kappa shape index (κ2) is 13.8. The first-order chi connectivity index (χ1) is 17.1. The molecule has 0 amide bonds. The summed E-state index contributed by atoms with van der Waals surface area (Å²) in [6, 6.07) is 11.8. The van der Waals surface area contributed by atoms with E-state index >= 15 is 0 Å². The van der Waals surface area contributed by atoms with Gasteiger partial charge in [-0.15, -0.1) is 0 Å². The van der Waals surface area contributed by atoms with Crippen molar-refractivity contribution >= 4 is 11.8 Å². The minimum atomic E-state index is -0.900. The second-order valence-electron chi connectivity index (χ2n) is 8.77. The van der Waals surface area contributed by atoms with Crippen molar-refractivity contribution in [1.29, 1.82) is 0 Å². The molecule has 1 atom stereocenters. The highest BCUT2D eigenvalue weighted by Gasteiger charge is 2.34. The Morgan fingerprint density at radius 3 is 2.34 bits per heavy atom. The number of ketones is 1. The predicted molar refractivity (Wildman–Crippen MR) is 136 cm³/mol. The summed E-state index contributed by atoms with van der Waals surface area (Å²) in [7, 11) is 0. The average molecular weight is 483 g/mol. The van der Waals surface area contributed by atoms with Gasteiger partial charge in [0.1, 0.15) is 17.2 Å². The van der Waals surface area contributed by atoms with Gasteiger partial charge in [0.15, 0.2) is 5.78 Å². The predicted octanol–water partition coefficient (Wildman–Crippen LogP) is 6.12. The number of ether oxygens (including phenoxy) is 4. The lowest BCUT2D eigenvalue weighted by atomic mass is 9.95. The van der Waals surface area contributed by atoms with Gasteiger partial charge in [-0.05, 0) is 62.8 Å². The number of hydrogen-bond donors (Lipinski definition) is 0. The summed E-state index contributed by atoms with van der Waals surface area (Å²) in [5.74, 6) is 1.57. The number of unbranched alkanes of at least 4 members (excludes halogenated alkanes) is 2. The molecule has 0 saturated heterocycles. The van der Waals surface area contributed by atoms with E-state index in [2.05, 4.69) is 26.0 Å². The van der Waals surface area contributed by atoms with E-state index in [9.17, 15) is 9.59 Å². The van der Waals surface area contributed by atoms with Crippen molar-refractivity contribution in [3.63, 3.8) is 0 Å². The van der Waals surface area contributed by atoms with Gasteiger partial charge in [0.2, 0.25) is 6.10 Å². The smallest absolute Gasteiger partial charge is 0.347 e. The van der Waals surface area contributed by atoms with E-state index in [1.165, 1.54) is 5.56 Å². The van der Waals surface area contributed by atoms with Crippen molar-refractivity contribution in [2.45, 2.75) is 78.2 Å². The number of rotatable bonds is 14. The van der Waals surface area contributed by atoms with E-state index in [-0.39, 0.29) is 18.8 Å². The van der Waals surface area contributed by atoms with Crippen LogP contribution in [0.25, 0.3) is 0 Å². The lowest BCUT2D eigenvalue weighted by molar-refractivity contribution is -0.151. The van der Waals surface area contributed by atoms with E-state index in [1.54, 1.807) is 13.0 Å². The summed E-state index contributed by atoms with van der Waals surface area (Å²) < 4.78 is 23.2. The van der Waals surface area contributed by atoms with Crippen molar-refractivity contribution in [2.75, 3.05) is 19.8 Å². The summed E-state index contributed by atoms with van der Waals surface area (Å²) >= 11 is 0. The van der Waals surface area contributed by atoms with Crippen LogP contribution < -0.4 is 14.2 Å². The molecule has 3 rings (SSSR count). The van der Waals surface area contributed by atoms with Crippen LogP contribution >= 0.6 is 0 Å². The van der Waals surface area contributed by atoms with Gasteiger partial charge in [-0.2, -0.15) is 0 Å². The molecule has 1 aliphatic rings. The molecule has 2 aromatic carbocycles.